The van der Waals surface area contributed by atoms with Gasteiger partial charge in [-0.25, -0.2) is 0 Å². The second-order valence-electron chi connectivity index (χ2n) is 8.52. The summed E-state index contributed by atoms with van der Waals surface area (Å²) in [5.74, 6) is 3.14. The van der Waals surface area contributed by atoms with Crippen LogP contribution in [-0.2, 0) is 9.47 Å². The summed E-state index contributed by atoms with van der Waals surface area (Å²) in [7, 11) is 0. The van der Waals surface area contributed by atoms with Gasteiger partial charge in [-0.1, -0.05) is 27.7 Å². The third kappa shape index (κ3) is 1.76. The molecule has 0 radical (unpaired) electrons. The fourth-order valence-corrected chi connectivity index (χ4v) is 5.47. The van der Waals surface area contributed by atoms with Crippen LogP contribution in [0.5, 0.6) is 0 Å². The molecule has 4 rings (SSSR count). The van der Waals surface area contributed by atoms with E-state index in [0.29, 0.717) is 24.0 Å². The summed E-state index contributed by atoms with van der Waals surface area (Å²) in [5.41, 5.74) is 0.518. The summed E-state index contributed by atoms with van der Waals surface area (Å²) >= 11 is 0. The number of epoxide rings is 2. The molecule has 4 aliphatic rings. The molecule has 6 atom stereocenters. The average Bonchev–Trinajstić information content (AvgIpc) is 3.29. The van der Waals surface area contributed by atoms with E-state index in [2.05, 4.69) is 27.7 Å². The Labute approximate surface area is 123 Å². The van der Waals surface area contributed by atoms with Crippen molar-refractivity contribution in [3.8, 4) is 0 Å². The Morgan fingerprint density at radius 3 is 1.45 bits per heavy atom. The maximum atomic E-state index is 6.13. The topological polar surface area (TPSA) is 25.1 Å². The van der Waals surface area contributed by atoms with E-state index >= 15 is 0 Å². The van der Waals surface area contributed by atoms with Gasteiger partial charge in [0.25, 0.3) is 0 Å². The van der Waals surface area contributed by atoms with Crippen LogP contribution in [0.15, 0.2) is 0 Å². The second-order valence-corrected chi connectivity index (χ2v) is 8.52. The Morgan fingerprint density at radius 1 is 0.700 bits per heavy atom. The molecule has 6 unspecified atom stereocenters. The van der Waals surface area contributed by atoms with E-state index in [-0.39, 0.29) is 11.2 Å². The molecule has 0 spiro atoms. The van der Waals surface area contributed by atoms with Gasteiger partial charge in [-0.3, -0.25) is 0 Å². The van der Waals surface area contributed by atoms with Gasteiger partial charge in [0.05, 0.1) is 23.4 Å². The van der Waals surface area contributed by atoms with Crippen LogP contribution in [0.4, 0.5) is 0 Å². The van der Waals surface area contributed by atoms with Gasteiger partial charge >= 0.3 is 0 Å². The van der Waals surface area contributed by atoms with Gasteiger partial charge in [0.2, 0.25) is 0 Å². The van der Waals surface area contributed by atoms with Crippen LogP contribution in [0.25, 0.3) is 0 Å². The molecule has 20 heavy (non-hydrogen) atoms. The number of hydrogen-bond donors (Lipinski definition) is 0. The van der Waals surface area contributed by atoms with Crippen LogP contribution >= 0.6 is 0 Å². The molecule has 0 aromatic rings. The zero-order valence-electron chi connectivity index (χ0n) is 13.5. The van der Waals surface area contributed by atoms with E-state index in [1.54, 1.807) is 0 Å². The summed E-state index contributed by atoms with van der Waals surface area (Å²) in [6.45, 7) is 9.38. The van der Waals surface area contributed by atoms with Crippen LogP contribution in [-0.4, -0.2) is 23.4 Å². The van der Waals surface area contributed by atoms with Gasteiger partial charge in [-0.2, -0.15) is 0 Å². The third-order valence-electron chi connectivity index (χ3n) is 7.08. The molecule has 0 N–H and O–H groups in total. The molecule has 2 nitrogen and oxygen atoms in total. The molecule has 114 valence electrons. The lowest BCUT2D eigenvalue weighted by Gasteiger charge is -2.37. The molecule has 2 heterocycles. The van der Waals surface area contributed by atoms with Crippen molar-refractivity contribution in [2.45, 2.75) is 89.6 Å². The van der Waals surface area contributed by atoms with Crippen molar-refractivity contribution < 1.29 is 9.47 Å². The van der Waals surface area contributed by atoms with Crippen molar-refractivity contribution in [3.05, 3.63) is 0 Å². The first kappa shape index (κ1) is 13.6. The van der Waals surface area contributed by atoms with Gasteiger partial charge in [0.1, 0.15) is 0 Å². The highest BCUT2D eigenvalue weighted by atomic mass is 16.6. The van der Waals surface area contributed by atoms with E-state index < -0.39 is 0 Å². The summed E-state index contributed by atoms with van der Waals surface area (Å²) in [4.78, 5) is 0. The maximum Gasteiger partial charge on any atom is 0.0973 e. The molecule has 2 saturated carbocycles. The summed E-state index contributed by atoms with van der Waals surface area (Å²) in [5, 5.41) is 0. The van der Waals surface area contributed by atoms with Gasteiger partial charge in [0.15, 0.2) is 0 Å². The van der Waals surface area contributed by atoms with Crippen molar-refractivity contribution in [2.75, 3.05) is 0 Å². The van der Waals surface area contributed by atoms with Crippen LogP contribution in [0, 0.1) is 23.7 Å². The van der Waals surface area contributed by atoms with Crippen molar-refractivity contribution in [1.82, 2.24) is 0 Å². The monoisotopic (exact) mass is 278 g/mol. The zero-order chi connectivity index (χ0) is 14.1. The summed E-state index contributed by atoms with van der Waals surface area (Å²) in [6.07, 6.45) is 9.21. The zero-order valence-corrected chi connectivity index (χ0v) is 13.5. The normalized spacial score (nSPS) is 53.7. The molecule has 0 bridgehead atoms. The fraction of sp³-hybridized carbons (Fsp3) is 1.00. The van der Waals surface area contributed by atoms with Crippen molar-refractivity contribution in [2.24, 2.45) is 23.7 Å². The van der Waals surface area contributed by atoms with Crippen LogP contribution in [0.1, 0.15) is 66.2 Å². The maximum absolute atomic E-state index is 6.13. The molecular formula is C18H30O2. The van der Waals surface area contributed by atoms with E-state index in [4.69, 9.17) is 9.47 Å². The standard InChI is InChI=1S/C18H30O2/c1-11(2)17-9-13(5-7-15(17)19-17)14-6-8-16-18(10-14,20-16)12(3)4/h11-16H,5-10H2,1-4H3. The Kier molecular flexibility index (Phi) is 2.87. The highest BCUT2D eigenvalue weighted by molar-refractivity contribution is 5.13. The lowest BCUT2D eigenvalue weighted by Crippen LogP contribution is -2.38. The van der Waals surface area contributed by atoms with Gasteiger partial charge in [-0.05, 0) is 62.2 Å². The quantitative estimate of drug-likeness (QED) is 0.724. The highest BCUT2D eigenvalue weighted by Gasteiger charge is 2.65. The van der Waals surface area contributed by atoms with Gasteiger partial charge in [-0.15, -0.1) is 0 Å². The first-order chi connectivity index (χ1) is 9.48. The van der Waals surface area contributed by atoms with E-state index in [9.17, 15) is 0 Å². The Morgan fingerprint density at radius 2 is 1.10 bits per heavy atom. The number of rotatable bonds is 3. The third-order valence-corrected chi connectivity index (χ3v) is 7.08. The molecule has 0 aromatic heterocycles. The largest absolute Gasteiger partial charge is 0.366 e. The molecule has 0 amide bonds. The van der Waals surface area contributed by atoms with Gasteiger partial charge < -0.3 is 9.47 Å². The number of ether oxygens (including phenoxy) is 2. The molecule has 2 aliphatic heterocycles. The number of fused-ring (bicyclic) bond motifs is 2. The summed E-state index contributed by atoms with van der Waals surface area (Å²) in [6, 6.07) is 0. The Balaban J connectivity index is 1.46. The van der Waals surface area contributed by atoms with Crippen LogP contribution < -0.4 is 0 Å². The minimum atomic E-state index is 0.259. The summed E-state index contributed by atoms with van der Waals surface area (Å²) < 4.78 is 12.3. The average molecular weight is 278 g/mol. The molecule has 2 heteroatoms. The van der Waals surface area contributed by atoms with Crippen molar-refractivity contribution >= 4 is 0 Å². The molecule has 0 aromatic carbocycles. The predicted octanol–water partition coefficient (Wildman–Crippen LogP) is 4.17. The van der Waals surface area contributed by atoms with E-state index in [1.807, 2.05) is 0 Å². The molecule has 2 aliphatic carbocycles. The van der Waals surface area contributed by atoms with Crippen LogP contribution in [0.3, 0.4) is 0 Å². The lowest BCUT2D eigenvalue weighted by molar-refractivity contribution is 0.117. The van der Waals surface area contributed by atoms with Crippen molar-refractivity contribution in [1.29, 1.82) is 0 Å². The SMILES string of the molecule is CC(C)C12CC(C3CCC4OC4(C(C)C)C3)CCC1O2. The minimum Gasteiger partial charge on any atom is -0.366 e. The Bertz CT molecular complexity index is 366. The van der Waals surface area contributed by atoms with E-state index in [1.165, 1.54) is 38.5 Å². The minimum absolute atomic E-state index is 0.259. The highest BCUT2D eigenvalue weighted by Crippen LogP contribution is 2.60. The smallest absolute Gasteiger partial charge is 0.0973 e. The molecular weight excluding hydrogens is 248 g/mol. The first-order valence-corrected chi connectivity index (χ1v) is 8.83. The predicted molar refractivity (Wildman–Crippen MR) is 79.6 cm³/mol. The number of hydrogen-bond acceptors (Lipinski definition) is 2. The van der Waals surface area contributed by atoms with Gasteiger partial charge in [0, 0.05) is 0 Å². The molecule has 4 fully saturated rings. The van der Waals surface area contributed by atoms with E-state index in [0.717, 1.165) is 11.8 Å². The fourth-order valence-electron chi connectivity index (χ4n) is 5.47. The van der Waals surface area contributed by atoms with Crippen molar-refractivity contribution in [3.63, 3.8) is 0 Å². The first-order valence-electron chi connectivity index (χ1n) is 8.83. The lowest BCUT2D eigenvalue weighted by atomic mass is 9.65. The second kappa shape index (κ2) is 4.23. The Hall–Kier alpha value is -0.0800. The molecule has 2 saturated heterocycles. The van der Waals surface area contributed by atoms with Crippen LogP contribution in [0.2, 0.25) is 0 Å².